The van der Waals surface area contributed by atoms with E-state index >= 15 is 0 Å². The summed E-state index contributed by atoms with van der Waals surface area (Å²) in [6, 6.07) is 14.7. The van der Waals surface area contributed by atoms with Gasteiger partial charge >= 0.3 is 0 Å². The highest BCUT2D eigenvalue weighted by Crippen LogP contribution is 2.46. The summed E-state index contributed by atoms with van der Waals surface area (Å²) in [5.41, 5.74) is 5.75. The Morgan fingerprint density at radius 3 is 1.45 bits per heavy atom. The van der Waals surface area contributed by atoms with Gasteiger partial charge in [-0.3, -0.25) is 0 Å². The molecule has 1 aromatic heterocycles. The fraction of sp³-hybridized carbons (Fsp3) is 0.625. The molecule has 178 valence electrons. The first kappa shape index (κ1) is 23.0. The van der Waals surface area contributed by atoms with E-state index in [2.05, 4.69) is 82.9 Å². The van der Waals surface area contributed by atoms with Crippen molar-refractivity contribution in [3.63, 3.8) is 0 Å². The Balaban J connectivity index is 1.56. The summed E-state index contributed by atoms with van der Waals surface area (Å²) in [6.07, 6.45) is 8.26. The van der Waals surface area contributed by atoms with Crippen LogP contribution in [0.1, 0.15) is 103 Å². The highest BCUT2D eigenvalue weighted by atomic mass is 14.7. The molecule has 2 saturated carbocycles. The second kappa shape index (κ2) is 9.12. The van der Waals surface area contributed by atoms with Crippen molar-refractivity contribution in [2.24, 2.45) is 35.5 Å². The first-order valence-electron chi connectivity index (χ1n) is 13.9. The minimum atomic E-state index is 0.704. The van der Waals surface area contributed by atoms with Crippen molar-refractivity contribution in [2.75, 3.05) is 0 Å². The maximum absolute atomic E-state index is 3.72. The number of fused-ring (bicyclic) bond motifs is 3. The van der Waals surface area contributed by atoms with E-state index in [0.717, 1.165) is 35.5 Å². The van der Waals surface area contributed by atoms with Crippen LogP contribution in [0.2, 0.25) is 0 Å². The first-order valence-corrected chi connectivity index (χ1v) is 13.9. The lowest BCUT2D eigenvalue weighted by atomic mass is 9.67. The highest BCUT2D eigenvalue weighted by Gasteiger charge is 2.33. The van der Waals surface area contributed by atoms with E-state index in [1.54, 1.807) is 11.1 Å². The van der Waals surface area contributed by atoms with E-state index < -0.39 is 0 Å². The predicted molar refractivity (Wildman–Crippen MR) is 144 cm³/mol. The fourth-order valence-corrected chi connectivity index (χ4v) is 7.56. The average Bonchev–Trinajstić information content (AvgIpc) is 3.15. The SMILES string of the molecule is CC1CCC(C(C)C)C(c2ccc3[nH]c4ccc(C5CC(C)CCC5C(C)C)cc4c3c2)C1. The smallest absolute Gasteiger partial charge is 0.0465 e. The average molecular weight is 444 g/mol. The zero-order valence-electron chi connectivity index (χ0n) is 21.8. The Labute approximate surface area is 201 Å². The van der Waals surface area contributed by atoms with E-state index in [-0.39, 0.29) is 0 Å². The molecule has 0 bridgehead atoms. The summed E-state index contributed by atoms with van der Waals surface area (Å²) in [4.78, 5) is 3.72. The second-order valence-corrected chi connectivity index (χ2v) is 12.6. The van der Waals surface area contributed by atoms with Gasteiger partial charge < -0.3 is 4.98 Å². The van der Waals surface area contributed by atoms with Gasteiger partial charge in [0.15, 0.2) is 0 Å². The van der Waals surface area contributed by atoms with Gasteiger partial charge in [0.1, 0.15) is 0 Å². The zero-order chi connectivity index (χ0) is 23.3. The summed E-state index contributed by atoms with van der Waals surface area (Å²) in [5.74, 6) is 6.24. The van der Waals surface area contributed by atoms with Crippen LogP contribution in [0.3, 0.4) is 0 Å². The number of aromatic amines is 1. The Morgan fingerprint density at radius 1 is 0.636 bits per heavy atom. The van der Waals surface area contributed by atoms with Crippen molar-refractivity contribution in [2.45, 2.75) is 91.9 Å². The predicted octanol–water partition coefficient (Wildman–Crippen LogP) is 9.67. The van der Waals surface area contributed by atoms with Crippen LogP contribution in [0.25, 0.3) is 21.8 Å². The largest absolute Gasteiger partial charge is 0.355 e. The Bertz CT molecular complexity index is 1020. The molecule has 1 heterocycles. The Kier molecular flexibility index (Phi) is 6.36. The Morgan fingerprint density at radius 2 is 1.06 bits per heavy atom. The first-order chi connectivity index (χ1) is 15.8. The molecule has 6 unspecified atom stereocenters. The highest BCUT2D eigenvalue weighted by molar-refractivity contribution is 6.07. The molecule has 6 atom stereocenters. The van der Waals surface area contributed by atoms with Gasteiger partial charge in [-0.1, -0.05) is 66.5 Å². The van der Waals surface area contributed by atoms with Crippen LogP contribution in [0, 0.1) is 35.5 Å². The van der Waals surface area contributed by atoms with Crippen LogP contribution in [-0.2, 0) is 0 Å². The molecule has 2 aliphatic rings. The monoisotopic (exact) mass is 443 g/mol. The third kappa shape index (κ3) is 4.38. The van der Waals surface area contributed by atoms with E-state index in [1.165, 1.54) is 60.3 Å². The lowest BCUT2D eigenvalue weighted by Gasteiger charge is -2.38. The van der Waals surface area contributed by atoms with Gasteiger partial charge in [0.25, 0.3) is 0 Å². The Hall–Kier alpha value is -1.76. The summed E-state index contributed by atoms with van der Waals surface area (Å²) < 4.78 is 0. The zero-order valence-corrected chi connectivity index (χ0v) is 21.8. The van der Waals surface area contributed by atoms with Crippen LogP contribution in [0.5, 0.6) is 0 Å². The van der Waals surface area contributed by atoms with E-state index in [9.17, 15) is 0 Å². The number of hydrogen-bond donors (Lipinski definition) is 1. The van der Waals surface area contributed by atoms with Crippen LogP contribution < -0.4 is 0 Å². The maximum Gasteiger partial charge on any atom is 0.0465 e. The van der Waals surface area contributed by atoms with Gasteiger partial charge in [-0.15, -0.1) is 0 Å². The molecule has 1 nitrogen and oxygen atoms in total. The molecule has 5 rings (SSSR count). The summed E-state index contributed by atoms with van der Waals surface area (Å²) in [7, 11) is 0. The standard InChI is InChI=1S/C32H45N/c1-19(2)25-11-7-21(5)15-27(25)23-9-13-31-29(17-23)30-18-24(10-14-32(30)33-31)28-16-22(6)8-12-26(28)20(3)4/h9-10,13-14,17-22,25-28,33H,7-8,11-12,15-16H2,1-6H3. The van der Waals surface area contributed by atoms with Gasteiger partial charge in [0.2, 0.25) is 0 Å². The van der Waals surface area contributed by atoms with Crippen molar-refractivity contribution >= 4 is 21.8 Å². The van der Waals surface area contributed by atoms with Gasteiger partial charge in [0.05, 0.1) is 0 Å². The molecule has 2 fully saturated rings. The molecule has 0 spiro atoms. The molecule has 2 aliphatic carbocycles. The lowest BCUT2D eigenvalue weighted by Crippen LogP contribution is -2.26. The number of aromatic nitrogens is 1. The van der Waals surface area contributed by atoms with Crippen molar-refractivity contribution in [3.8, 4) is 0 Å². The number of hydrogen-bond acceptors (Lipinski definition) is 0. The summed E-state index contributed by atoms with van der Waals surface area (Å²) >= 11 is 0. The van der Waals surface area contributed by atoms with E-state index in [4.69, 9.17) is 0 Å². The van der Waals surface area contributed by atoms with Crippen molar-refractivity contribution in [1.82, 2.24) is 4.98 Å². The van der Waals surface area contributed by atoms with Crippen LogP contribution in [0.4, 0.5) is 0 Å². The molecule has 0 aliphatic heterocycles. The summed E-state index contributed by atoms with van der Waals surface area (Å²) in [5, 5.41) is 2.88. The molecule has 0 radical (unpaired) electrons. The third-order valence-corrected chi connectivity index (χ3v) is 9.55. The van der Waals surface area contributed by atoms with Crippen molar-refractivity contribution < 1.29 is 0 Å². The van der Waals surface area contributed by atoms with Gasteiger partial charge in [-0.25, -0.2) is 0 Å². The normalized spacial score (nSPS) is 31.2. The minimum absolute atomic E-state index is 0.704. The van der Waals surface area contributed by atoms with Crippen LogP contribution >= 0.6 is 0 Å². The van der Waals surface area contributed by atoms with Crippen LogP contribution in [-0.4, -0.2) is 4.98 Å². The fourth-order valence-electron chi connectivity index (χ4n) is 7.56. The number of H-pyrrole nitrogens is 1. The molecular weight excluding hydrogens is 398 g/mol. The number of rotatable bonds is 4. The minimum Gasteiger partial charge on any atom is -0.355 e. The van der Waals surface area contributed by atoms with Gasteiger partial charge in [-0.05, 0) is 108 Å². The molecule has 1 heteroatoms. The summed E-state index contributed by atoms with van der Waals surface area (Å²) in [6.45, 7) is 14.6. The second-order valence-electron chi connectivity index (χ2n) is 12.6. The molecule has 33 heavy (non-hydrogen) atoms. The van der Waals surface area contributed by atoms with Gasteiger partial charge in [-0.2, -0.15) is 0 Å². The number of nitrogens with one attached hydrogen (secondary N) is 1. The lowest BCUT2D eigenvalue weighted by molar-refractivity contribution is 0.197. The van der Waals surface area contributed by atoms with Crippen molar-refractivity contribution in [1.29, 1.82) is 0 Å². The number of benzene rings is 2. The quantitative estimate of drug-likeness (QED) is 0.413. The van der Waals surface area contributed by atoms with Crippen LogP contribution in [0.15, 0.2) is 36.4 Å². The topological polar surface area (TPSA) is 15.8 Å². The third-order valence-electron chi connectivity index (χ3n) is 9.55. The van der Waals surface area contributed by atoms with E-state index in [1.807, 2.05) is 0 Å². The maximum atomic E-state index is 3.72. The molecule has 0 amide bonds. The van der Waals surface area contributed by atoms with Gasteiger partial charge in [0, 0.05) is 21.8 Å². The molecule has 0 saturated heterocycles. The molecular formula is C32H45N. The van der Waals surface area contributed by atoms with Crippen molar-refractivity contribution in [3.05, 3.63) is 47.5 Å². The van der Waals surface area contributed by atoms with E-state index in [0.29, 0.717) is 11.8 Å². The molecule has 3 aromatic rings. The molecule has 1 N–H and O–H groups in total. The molecule has 2 aromatic carbocycles.